The van der Waals surface area contributed by atoms with Crippen LogP contribution < -0.4 is 76.1 Å². The van der Waals surface area contributed by atoms with Gasteiger partial charge in [0.15, 0.2) is 5.96 Å². The zero-order chi connectivity index (χ0) is 44.8. The third kappa shape index (κ3) is 27.9. The number of carboxylic acids is 1. The normalized spacial score (nSPS) is 11.8. The molecule has 0 saturated carbocycles. The van der Waals surface area contributed by atoms with Gasteiger partial charge in [-0.1, -0.05) is 0 Å². The van der Waals surface area contributed by atoms with Crippen molar-refractivity contribution in [2.24, 2.45) is 27.9 Å². The van der Waals surface area contributed by atoms with Crippen LogP contribution in [-0.4, -0.2) is 165 Å². The molecular formula is C31H55N15O12S. The maximum Gasteiger partial charge on any atom is 0.326 e. The Hall–Kier alpha value is -6.29. The second-order valence-electron chi connectivity index (χ2n) is 12.2. The van der Waals surface area contributed by atoms with Crippen LogP contribution in [0.2, 0.25) is 0 Å². The Morgan fingerprint density at radius 3 is 1.25 bits per heavy atom. The molecule has 332 valence electrons. The monoisotopic (exact) mass is 861 g/mol. The van der Waals surface area contributed by atoms with E-state index in [0.717, 1.165) is 0 Å². The van der Waals surface area contributed by atoms with E-state index in [2.05, 4.69) is 70.8 Å². The predicted molar refractivity (Wildman–Crippen MR) is 210 cm³/mol. The van der Waals surface area contributed by atoms with Gasteiger partial charge in [0.25, 0.3) is 0 Å². The van der Waals surface area contributed by atoms with Crippen LogP contribution in [0.25, 0.3) is 0 Å². The minimum Gasteiger partial charge on any atom is -0.480 e. The van der Waals surface area contributed by atoms with Crippen LogP contribution in [0.5, 0.6) is 0 Å². The molecule has 0 aliphatic heterocycles. The number of rotatable bonds is 30. The molecule has 0 radical (unpaired) electrons. The number of carbonyl (C=O) groups excluding carboxylic acids is 10. The van der Waals surface area contributed by atoms with Gasteiger partial charge in [0.1, 0.15) is 12.1 Å². The van der Waals surface area contributed by atoms with E-state index in [4.69, 9.17) is 22.9 Å². The molecule has 0 rings (SSSR count). The highest BCUT2D eigenvalue weighted by Gasteiger charge is 2.22. The number of nitrogens with zero attached hydrogens (tertiary/aromatic N) is 1. The molecule has 3 atom stereocenters. The topological polar surface area (TPSA) is 445 Å². The highest BCUT2D eigenvalue weighted by molar-refractivity contribution is 7.80. The van der Waals surface area contributed by atoms with Crippen LogP contribution in [0.4, 0.5) is 0 Å². The average molecular weight is 862 g/mol. The van der Waals surface area contributed by atoms with Gasteiger partial charge >= 0.3 is 5.97 Å². The van der Waals surface area contributed by atoms with E-state index in [0.29, 0.717) is 25.8 Å². The second kappa shape index (κ2) is 30.8. The van der Waals surface area contributed by atoms with Gasteiger partial charge in [-0.15, -0.1) is 0 Å². The highest BCUT2D eigenvalue weighted by atomic mass is 32.1. The Morgan fingerprint density at radius 2 is 0.881 bits per heavy atom. The first kappa shape index (κ1) is 52.7. The maximum atomic E-state index is 12.4. The lowest BCUT2D eigenvalue weighted by atomic mass is 10.1. The zero-order valence-electron chi connectivity index (χ0n) is 32.2. The molecule has 27 nitrogen and oxygen atoms in total. The fraction of sp³-hybridized carbons (Fsp3) is 0.613. The summed E-state index contributed by atoms with van der Waals surface area (Å²) in [5, 5.41) is 31.5. The number of carbonyl (C=O) groups is 11. The lowest BCUT2D eigenvalue weighted by Gasteiger charge is -2.16. The molecule has 0 unspecified atom stereocenters. The van der Waals surface area contributed by atoms with Gasteiger partial charge in [0.2, 0.25) is 59.1 Å². The molecule has 0 heterocycles. The van der Waals surface area contributed by atoms with Gasteiger partial charge in [0.05, 0.1) is 58.4 Å². The number of hydrogen-bond donors (Lipinski definition) is 16. The number of amides is 10. The molecule has 0 aromatic heterocycles. The van der Waals surface area contributed by atoms with Gasteiger partial charge in [-0.05, 0) is 38.6 Å². The van der Waals surface area contributed by atoms with E-state index in [1.165, 1.54) is 0 Å². The van der Waals surface area contributed by atoms with Crippen molar-refractivity contribution < 1.29 is 57.8 Å². The van der Waals surface area contributed by atoms with Crippen molar-refractivity contribution in [2.45, 2.75) is 50.2 Å². The van der Waals surface area contributed by atoms with Gasteiger partial charge in [-0.3, -0.25) is 52.9 Å². The Labute approximate surface area is 343 Å². The highest BCUT2D eigenvalue weighted by Crippen LogP contribution is 2.00. The third-order valence-corrected chi connectivity index (χ3v) is 7.61. The Morgan fingerprint density at radius 1 is 0.508 bits per heavy atom. The molecule has 10 amide bonds. The van der Waals surface area contributed by atoms with Crippen LogP contribution in [0.1, 0.15) is 32.1 Å². The molecule has 0 spiro atoms. The number of aliphatic imine (C=N–C) groups is 1. The number of carboxylic acid groups (broad SMARTS) is 1. The van der Waals surface area contributed by atoms with E-state index in [9.17, 15) is 57.8 Å². The smallest absolute Gasteiger partial charge is 0.326 e. The molecule has 0 saturated heterocycles. The van der Waals surface area contributed by atoms with Gasteiger partial charge in [0, 0.05) is 12.3 Å². The molecule has 0 fully saturated rings. The van der Waals surface area contributed by atoms with Crippen LogP contribution >= 0.6 is 12.6 Å². The first-order valence-electron chi connectivity index (χ1n) is 18.0. The van der Waals surface area contributed by atoms with Crippen molar-refractivity contribution >= 4 is 83.6 Å². The molecule has 0 aromatic rings. The van der Waals surface area contributed by atoms with E-state index in [-0.39, 0.29) is 31.1 Å². The Balaban J connectivity index is 4.30. The van der Waals surface area contributed by atoms with Crippen molar-refractivity contribution in [3.05, 3.63) is 0 Å². The molecule has 0 aliphatic carbocycles. The quantitative estimate of drug-likeness (QED) is 0.0138. The van der Waals surface area contributed by atoms with Crippen LogP contribution in [0.15, 0.2) is 4.99 Å². The van der Waals surface area contributed by atoms with E-state index >= 15 is 0 Å². The van der Waals surface area contributed by atoms with Gasteiger partial charge in [-0.2, -0.15) is 12.6 Å². The number of thiol groups is 1. The first-order chi connectivity index (χ1) is 27.9. The molecule has 28 heteroatoms. The van der Waals surface area contributed by atoms with E-state index < -0.39 is 136 Å². The minimum atomic E-state index is -1.25. The summed E-state index contributed by atoms with van der Waals surface area (Å²) in [6, 6.07) is -3.31. The van der Waals surface area contributed by atoms with Crippen molar-refractivity contribution in [3.8, 4) is 0 Å². The number of aliphatic carboxylic acids is 1. The van der Waals surface area contributed by atoms with E-state index in [1.807, 2.05) is 0 Å². The zero-order valence-corrected chi connectivity index (χ0v) is 33.1. The summed E-state index contributed by atoms with van der Waals surface area (Å²) in [6.45, 7) is -3.86. The Kier molecular flexibility index (Phi) is 27.5. The lowest BCUT2D eigenvalue weighted by Crippen LogP contribution is -2.52. The summed E-state index contributed by atoms with van der Waals surface area (Å²) in [4.78, 5) is 136. The number of nitrogens with two attached hydrogens (primary N) is 4. The summed E-state index contributed by atoms with van der Waals surface area (Å²) in [5.74, 6) is -9.21. The number of hydrogen-bond acceptors (Lipinski definition) is 15. The van der Waals surface area contributed by atoms with Crippen LogP contribution in [0.3, 0.4) is 0 Å². The molecule has 0 bridgehead atoms. The molecule has 59 heavy (non-hydrogen) atoms. The van der Waals surface area contributed by atoms with Gasteiger partial charge in [-0.25, -0.2) is 4.79 Å². The molecular weight excluding hydrogens is 807 g/mol. The van der Waals surface area contributed by atoms with Crippen molar-refractivity contribution in [1.29, 1.82) is 0 Å². The molecule has 19 N–H and O–H groups in total. The summed E-state index contributed by atoms with van der Waals surface area (Å²) in [6.07, 6.45) is 1.89. The lowest BCUT2D eigenvalue weighted by molar-refractivity contribution is -0.142. The minimum absolute atomic E-state index is 0.0947. The summed E-state index contributed by atoms with van der Waals surface area (Å²) >= 11 is 3.99. The average Bonchev–Trinajstić information content (AvgIpc) is 3.19. The first-order valence-corrected chi connectivity index (χ1v) is 18.6. The van der Waals surface area contributed by atoms with Crippen molar-refractivity contribution in [3.63, 3.8) is 0 Å². The molecule has 0 aromatic carbocycles. The second-order valence-corrected chi connectivity index (χ2v) is 12.6. The number of guanidine groups is 1. The van der Waals surface area contributed by atoms with Crippen LogP contribution in [-0.2, 0) is 52.7 Å². The standard InChI is InChI=1S/C31H55N15O12S/c32-6-2-1-5-18(30(57)58)45-26(53)14-41-22(49)10-37-21(48)9-40-25(52)13-44-29(56)19(16-59)46-27(54)15-42-23(50)11-38-20(47)8-39-24(51)12-43-28(55)17(33)4-3-7-36-31(34)35/h17-19,59H,1-16,32-33H2,(H,37,48)(H,38,47)(H,39,51)(H,40,52)(H,41,49)(H,42,50)(H,43,55)(H,44,56)(H,45,53)(H,46,54)(H,57,58)(H4,34,35,36)/t17-,18-,19-/m0/s1. The van der Waals surface area contributed by atoms with Crippen molar-refractivity contribution in [1.82, 2.24) is 53.2 Å². The summed E-state index contributed by atoms with van der Waals surface area (Å²) < 4.78 is 0. The summed E-state index contributed by atoms with van der Waals surface area (Å²) in [7, 11) is 0. The maximum absolute atomic E-state index is 12.4. The number of nitrogens with one attached hydrogen (secondary N) is 10. The van der Waals surface area contributed by atoms with E-state index in [1.54, 1.807) is 0 Å². The molecule has 0 aliphatic rings. The van der Waals surface area contributed by atoms with Crippen molar-refractivity contribution in [2.75, 3.05) is 71.2 Å². The number of unbranched alkanes of at least 4 members (excludes halogenated alkanes) is 1. The predicted octanol–water partition coefficient (Wildman–Crippen LogP) is -9.59. The SMILES string of the molecule is NCCCC[C@H](NC(=O)CNC(=O)CNC(=O)CNC(=O)CNC(=O)[C@H](CS)NC(=O)CNC(=O)CNC(=O)CNC(=O)CNC(=O)[C@@H](N)CCCN=C(N)N)C(=O)O. The van der Waals surface area contributed by atoms with Crippen LogP contribution in [0, 0.1) is 0 Å². The fourth-order valence-electron chi connectivity index (χ4n) is 4.12. The summed E-state index contributed by atoms with van der Waals surface area (Å²) in [5.41, 5.74) is 21.5. The fourth-order valence-corrected chi connectivity index (χ4v) is 4.38. The largest absolute Gasteiger partial charge is 0.480 e. The third-order valence-electron chi connectivity index (χ3n) is 7.24. The van der Waals surface area contributed by atoms with Gasteiger partial charge < -0.3 is 81.2 Å². The Bertz CT molecular complexity index is 1510.